The molecule has 206 valence electrons. The van der Waals surface area contributed by atoms with Crippen molar-refractivity contribution in [2.24, 2.45) is 5.92 Å². The lowest BCUT2D eigenvalue weighted by Crippen LogP contribution is -2.58. The summed E-state index contributed by atoms with van der Waals surface area (Å²) in [6.07, 6.45) is -6.07. The number of thiophene rings is 1. The van der Waals surface area contributed by atoms with Crippen LogP contribution in [0.25, 0.3) is 0 Å². The number of carboxylic acid groups (broad SMARTS) is 2. The molecule has 3 fully saturated rings. The number of thioether (sulfide) groups is 1. The fourth-order valence-corrected chi connectivity index (χ4v) is 6.17. The molecule has 1 unspecified atom stereocenters. The van der Waals surface area contributed by atoms with Crippen molar-refractivity contribution in [1.29, 1.82) is 0 Å². The third-order valence-electron chi connectivity index (χ3n) is 5.55. The van der Waals surface area contributed by atoms with Gasteiger partial charge in [0.1, 0.15) is 0 Å². The fraction of sp³-hybridized carbons (Fsp3) is 0.714. The number of carboxylic acids is 2. The van der Waals surface area contributed by atoms with Crippen molar-refractivity contribution in [2.75, 3.05) is 38.7 Å². The Bertz CT molecular complexity index is 800. The van der Waals surface area contributed by atoms with Crippen LogP contribution in [0.2, 0.25) is 0 Å². The van der Waals surface area contributed by atoms with Gasteiger partial charge in [0.2, 0.25) is 0 Å². The average molecular weight is 568 g/mol. The second-order valence-corrected chi connectivity index (χ2v) is 11.1. The molecule has 1 aromatic rings. The molecule has 1 atom stereocenters. The van der Waals surface area contributed by atoms with Gasteiger partial charge in [-0.3, -0.25) is 4.90 Å². The molecule has 4 heterocycles. The molecule has 3 aliphatic rings. The molecule has 36 heavy (non-hydrogen) atoms. The summed E-state index contributed by atoms with van der Waals surface area (Å²) >= 11 is 4.03. The van der Waals surface area contributed by atoms with Gasteiger partial charge in [-0.1, -0.05) is 6.07 Å². The van der Waals surface area contributed by atoms with Crippen molar-refractivity contribution in [3.63, 3.8) is 0 Å². The number of halogens is 6. The van der Waals surface area contributed by atoms with E-state index in [9.17, 15) is 26.3 Å². The third-order valence-corrected chi connectivity index (χ3v) is 7.99. The standard InChI is InChI=1S/C17H25NO2S2.2C2HF3O2/c1-2-16(21-7-1)9-18-12-17(13-18)8-15(11-22-17)20-10-14-3-5-19-6-4-14;2*3-2(4,5)1(6)7/h1-2,7,14-15H,3-6,8-13H2;2*(H,6,7). The van der Waals surface area contributed by atoms with Crippen LogP contribution in [0.15, 0.2) is 17.5 Å². The lowest BCUT2D eigenvalue weighted by molar-refractivity contribution is -0.193. The van der Waals surface area contributed by atoms with Crippen LogP contribution in [-0.4, -0.2) is 88.9 Å². The Kier molecular flexibility index (Phi) is 11.3. The zero-order chi connectivity index (χ0) is 27.0. The van der Waals surface area contributed by atoms with E-state index in [0.29, 0.717) is 10.9 Å². The van der Waals surface area contributed by atoms with Crippen LogP contribution in [0.1, 0.15) is 24.1 Å². The Morgan fingerprint density at radius 3 is 2.11 bits per heavy atom. The Hall–Kier alpha value is -1.55. The topological polar surface area (TPSA) is 96.3 Å². The van der Waals surface area contributed by atoms with E-state index >= 15 is 0 Å². The second-order valence-electron chi connectivity index (χ2n) is 8.54. The molecular weight excluding hydrogens is 540 g/mol. The summed E-state index contributed by atoms with van der Waals surface area (Å²) in [5.74, 6) is -3.59. The normalized spacial score (nSPS) is 22.1. The smallest absolute Gasteiger partial charge is 0.475 e. The number of nitrogens with zero attached hydrogens (tertiary/aromatic N) is 1. The summed E-state index contributed by atoms with van der Waals surface area (Å²) in [4.78, 5) is 21.9. The first-order chi connectivity index (χ1) is 16.7. The quantitative estimate of drug-likeness (QED) is 0.502. The Labute approximate surface area is 211 Å². The number of aliphatic carboxylic acids is 2. The first kappa shape index (κ1) is 30.7. The molecule has 0 radical (unpaired) electrons. The molecular formula is C21H27F6NO6S2. The fourth-order valence-electron chi connectivity index (χ4n) is 3.82. The lowest BCUT2D eigenvalue weighted by atomic mass is 9.93. The molecule has 1 aromatic heterocycles. The average Bonchev–Trinajstić information content (AvgIpc) is 3.43. The summed E-state index contributed by atoms with van der Waals surface area (Å²) in [5, 5.41) is 16.4. The molecule has 0 aliphatic carbocycles. The zero-order valence-corrected chi connectivity index (χ0v) is 20.6. The van der Waals surface area contributed by atoms with Crippen molar-refractivity contribution < 1.29 is 55.6 Å². The van der Waals surface area contributed by atoms with Crippen molar-refractivity contribution in [3.8, 4) is 0 Å². The van der Waals surface area contributed by atoms with Crippen molar-refractivity contribution >= 4 is 35.0 Å². The highest BCUT2D eigenvalue weighted by Gasteiger charge is 2.49. The molecule has 2 N–H and O–H groups in total. The monoisotopic (exact) mass is 567 g/mol. The highest BCUT2D eigenvalue weighted by Crippen LogP contribution is 2.46. The minimum atomic E-state index is -5.08. The maximum Gasteiger partial charge on any atom is 0.490 e. The molecule has 3 aliphatic heterocycles. The lowest BCUT2D eigenvalue weighted by Gasteiger charge is -2.47. The SMILES string of the molecule is O=C(O)C(F)(F)F.O=C(O)C(F)(F)F.c1csc(CN2CC3(CC(OCC4CCOCC4)CS3)C2)c1. The minimum absolute atomic E-state index is 0.483. The number of carbonyl (C=O) groups is 2. The Morgan fingerprint density at radius 2 is 1.64 bits per heavy atom. The van der Waals surface area contributed by atoms with Crippen molar-refractivity contribution in [3.05, 3.63) is 22.4 Å². The van der Waals surface area contributed by atoms with E-state index in [1.54, 1.807) is 0 Å². The summed E-state index contributed by atoms with van der Waals surface area (Å²) in [6.45, 7) is 6.42. The zero-order valence-electron chi connectivity index (χ0n) is 19.0. The number of hydrogen-bond donors (Lipinski definition) is 2. The largest absolute Gasteiger partial charge is 0.490 e. The van der Waals surface area contributed by atoms with E-state index in [2.05, 4.69) is 34.2 Å². The number of likely N-dealkylation sites (tertiary alicyclic amines) is 1. The van der Waals surface area contributed by atoms with Crippen LogP contribution in [0.5, 0.6) is 0 Å². The number of rotatable bonds is 5. The number of ether oxygens (including phenoxy) is 2. The summed E-state index contributed by atoms with van der Waals surface area (Å²) in [6, 6.07) is 4.40. The van der Waals surface area contributed by atoms with Gasteiger partial charge < -0.3 is 19.7 Å². The van der Waals surface area contributed by atoms with Gasteiger partial charge >= 0.3 is 24.3 Å². The first-order valence-corrected chi connectivity index (χ1v) is 12.7. The highest BCUT2D eigenvalue weighted by molar-refractivity contribution is 8.01. The predicted octanol–water partition coefficient (Wildman–Crippen LogP) is 4.52. The van der Waals surface area contributed by atoms with Gasteiger partial charge in [0.25, 0.3) is 0 Å². The van der Waals surface area contributed by atoms with Crippen LogP contribution in [0.4, 0.5) is 26.3 Å². The molecule has 0 aromatic carbocycles. The van der Waals surface area contributed by atoms with Crippen LogP contribution < -0.4 is 0 Å². The maximum absolute atomic E-state index is 10.6. The van der Waals surface area contributed by atoms with Crippen LogP contribution in [0.3, 0.4) is 0 Å². The Morgan fingerprint density at radius 1 is 1.08 bits per heavy atom. The van der Waals surface area contributed by atoms with Gasteiger partial charge in [0, 0.05) is 54.8 Å². The number of hydrogen-bond acceptors (Lipinski definition) is 7. The molecule has 4 rings (SSSR count). The van der Waals surface area contributed by atoms with E-state index in [4.69, 9.17) is 29.3 Å². The molecule has 0 saturated carbocycles. The second kappa shape index (κ2) is 13.3. The molecule has 3 saturated heterocycles. The van der Waals surface area contributed by atoms with Crippen molar-refractivity contribution in [1.82, 2.24) is 4.90 Å². The number of alkyl halides is 6. The highest BCUT2D eigenvalue weighted by atomic mass is 32.2. The van der Waals surface area contributed by atoms with E-state index < -0.39 is 24.3 Å². The summed E-state index contributed by atoms with van der Waals surface area (Å²) in [7, 11) is 0. The van der Waals surface area contributed by atoms with Crippen molar-refractivity contribution in [2.45, 2.75) is 49.0 Å². The Balaban J connectivity index is 0.000000271. The molecule has 0 bridgehead atoms. The third kappa shape index (κ3) is 10.4. The maximum atomic E-state index is 10.6. The van der Waals surface area contributed by atoms with Gasteiger partial charge in [0.05, 0.1) is 6.10 Å². The first-order valence-electron chi connectivity index (χ1n) is 10.9. The van der Waals surface area contributed by atoms with Crippen LogP contribution in [0, 0.1) is 5.92 Å². The molecule has 1 spiro atoms. The van der Waals surface area contributed by atoms with Gasteiger partial charge in [-0.05, 0) is 36.6 Å². The summed E-state index contributed by atoms with van der Waals surface area (Å²) < 4.78 is 75.6. The van der Waals surface area contributed by atoms with Gasteiger partial charge in [-0.25, -0.2) is 9.59 Å². The molecule has 7 nitrogen and oxygen atoms in total. The van der Waals surface area contributed by atoms with Gasteiger partial charge in [-0.2, -0.15) is 26.3 Å². The van der Waals surface area contributed by atoms with Crippen LogP contribution in [-0.2, 0) is 25.6 Å². The van der Waals surface area contributed by atoms with E-state index in [1.807, 2.05) is 11.3 Å². The van der Waals surface area contributed by atoms with E-state index in [-0.39, 0.29) is 0 Å². The minimum Gasteiger partial charge on any atom is -0.475 e. The molecule has 15 heteroatoms. The predicted molar refractivity (Wildman–Crippen MR) is 120 cm³/mol. The summed E-state index contributed by atoms with van der Waals surface area (Å²) in [5.41, 5.74) is 0. The van der Waals surface area contributed by atoms with Gasteiger partial charge in [-0.15, -0.1) is 23.1 Å². The van der Waals surface area contributed by atoms with E-state index in [0.717, 1.165) is 32.3 Å². The van der Waals surface area contributed by atoms with Gasteiger partial charge in [0.15, 0.2) is 0 Å². The van der Waals surface area contributed by atoms with Crippen LogP contribution >= 0.6 is 23.1 Å². The van der Waals surface area contributed by atoms with E-state index in [1.165, 1.54) is 43.0 Å². The molecule has 0 amide bonds.